The number of benzene rings is 1. The first-order chi connectivity index (χ1) is 13.5. The van der Waals surface area contributed by atoms with Crippen LogP contribution in [0.4, 0.5) is 10.1 Å². The lowest BCUT2D eigenvalue weighted by Crippen LogP contribution is -2.41. The maximum Gasteiger partial charge on any atom is 0.228 e. The third-order valence-electron chi connectivity index (χ3n) is 5.17. The lowest BCUT2D eigenvalue weighted by atomic mass is 9.93. The van der Waals surface area contributed by atoms with Gasteiger partial charge in [0, 0.05) is 37.1 Å². The lowest BCUT2D eigenvalue weighted by Gasteiger charge is -2.32. The Labute approximate surface area is 165 Å². The van der Waals surface area contributed by atoms with E-state index in [-0.39, 0.29) is 17.6 Å². The molecule has 1 atom stereocenters. The Morgan fingerprint density at radius 1 is 1.29 bits per heavy atom. The van der Waals surface area contributed by atoms with E-state index in [1.54, 1.807) is 19.2 Å². The number of carbonyl (C=O) groups excluding carboxylic acids is 2. The Morgan fingerprint density at radius 2 is 2.14 bits per heavy atom. The predicted octanol–water partition coefficient (Wildman–Crippen LogP) is 3.73. The molecule has 0 saturated carbocycles. The van der Waals surface area contributed by atoms with E-state index in [0.29, 0.717) is 36.6 Å². The first-order valence-corrected chi connectivity index (χ1v) is 9.75. The van der Waals surface area contributed by atoms with Crippen LogP contribution in [0.3, 0.4) is 0 Å². The number of likely N-dealkylation sites (tertiary alicyclic amines) is 1. The summed E-state index contributed by atoms with van der Waals surface area (Å²) in [6.45, 7) is 3.22. The van der Waals surface area contributed by atoms with Crippen LogP contribution in [0.1, 0.15) is 36.9 Å². The zero-order chi connectivity index (χ0) is 19.9. The quantitative estimate of drug-likeness (QED) is 0.827. The predicted molar refractivity (Wildman–Crippen MR) is 106 cm³/mol. The number of aryl methyl sites for hydroxylation is 1. The summed E-state index contributed by atoms with van der Waals surface area (Å²) in [5.41, 5.74) is 2.13. The van der Waals surface area contributed by atoms with Gasteiger partial charge in [0.2, 0.25) is 11.8 Å². The molecule has 1 fully saturated rings. The number of nitrogens with one attached hydrogen (secondary N) is 1. The second kappa shape index (κ2) is 9.44. The minimum Gasteiger partial charge on any atom is -0.342 e. The second-order valence-corrected chi connectivity index (χ2v) is 7.39. The van der Waals surface area contributed by atoms with Crippen LogP contribution in [-0.4, -0.2) is 34.8 Å². The molecule has 1 aliphatic rings. The van der Waals surface area contributed by atoms with Gasteiger partial charge in [-0.3, -0.25) is 14.6 Å². The average Bonchev–Trinajstić information content (AvgIpc) is 2.69. The standard InChI is InChI=1S/C22H26FN3O2/c1-16-13-18(23)8-9-20(16)25-21(27)10-7-17-5-4-12-26(15-17)22(28)14-19-6-2-3-11-24-19/h2-3,6,8-9,11,13,17H,4-5,7,10,12,14-15H2,1H3,(H,25,27). The monoisotopic (exact) mass is 383 g/mol. The van der Waals surface area contributed by atoms with Gasteiger partial charge in [0.25, 0.3) is 0 Å². The number of hydrogen-bond acceptors (Lipinski definition) is 3. The van der Waals surface area contributed by atoms with Gasteiger partial charge in [-0.05, 0) is 68.0 Å². The van der Waals surface area contributed by atoms with Crippen LogP contribution >= 0.6 is 0 Å². The summed E-state index contributed by atoms with van der Waals surface area (Å²) in [6, 6.07) is 9.92. The van der Waals surface area contributed by atoms with Crippen molar-refractivity contribution in [3.8, 4) is 0 Å². The van der Waals surface area contributed by atoms with Gasteiger partial charge in [0.05, 0.1) is 6.42 Å². The van der Waals surface area contributed by atoms with Gasteiger partial charge >= 0.3 is 0 Å². The summed E-state index contributed by atoms with van der Waals surface area (Å²) in [6.07, 6.45) is 5.12. The number of piperidine rings is 1. The zero-order valence-corrected chi connectivity index (χ0v) is 16.2. The smallest absolute Gasteiger partial charge is 0.228 e. The van der Waals surface area contributed by atoms with Gasteiger partial charge in [-0.15, -0.1) is 0 Å². The van der Waals surface area contributed by atoms with Crippen LogP contribution in [-0.2, 0) is 16.0 Å². The number of rotatable bonds is 6. The van der Waals surface area contributed by atoms with Crippen LogP contribution in [0.15, 0.2) is 42.6 Å². The van der Waals surface area contributed by atoms with Gasteiger partial charge in [-0.25, -0.2) is 4.39 Å². The molecule has 1 aromatic carbocycles. The van der Waals surface area contributed by atoms with E-state index in [2.05, 4.69) is 10.3 Å². The Balaban J connectivity index is 1.46. The van der Waals surface area contributed by atoms with Crippen LogP contribution in [0.25, 0.3) is 0 Å². The number of aromatic nitrogens is 1. The Bertz CT molecular complexity index is 826. The first kappa shape index (κ1) is 20.0. The van der Waals surface area contributed by atoms with Crippen molar-refractivity contribution < 1.29 is 14.0 Å². The van der Waals surface area contributed by atoms with Crippen molar-refractivity contribution in [1.82, 2.24) is 9.88 Å². The van der Waals surface area contributed by atoms with E-state index in [9.17, 15) is 14.0 Å². The van der Waals surface area contributed by atoms with Gasteiger partial charge in [-0.2, -0.15) is 0 Å². The molecule has 0 spiro atoms. The van der Waals surface area contributed by atoms with E-state index in [1.165, 1.54) is 12.1 Å². The molecule has 148 valence electrons. The van der Waals surface area contributed by atoms with Crippen molar-refractivity contribution in [2.75, 3.05) is 18.4 Å². The van der Waals surface area contributed by atoms with E-state index < -0.39 is 0 Å². The molecule has 3 rings (SSSR count). The highest BCUT2D eigenvalue weighted by atomic mass is 19.1. The maximum absolute atomic E-state index is 13.2. The summed E-state index contributed by atoms with van der Waals surface area (Å²) in [7, 11) is 0. The number of hydrogen-bond donors (Lipinski definition) is 1. The van der Waals surface area contributed by atoms with Crippen molar-refractivity contribution in [1.29, 1.82) is 0 Å². The number of pyridine rings is 1. The topological polar surface area (TPSA) is 62.3 Å². The molecule has 1 aliphatic heterocycles. The molecule has 5 nitrogen and oxygen atoms in total. The molecule has 1 unspecified atom stereocenters. The third-order valence-corrected chi connectivity index (χ3v) is 5.17. The normalized spacial score (nSPS) is 16.6. The maximum atomic E-state index is 13.2. The molecule has 6 heteroatoms. The molecule has 2 heterocycles. The third kappa shape index (κ3) is 5.62. The largest absolute Gasteiger partial charge is 0.342 e. The molecular weight excluding hydrogens is 357 g/mol. The minimum atomic E-state index is -0.312. The van der Waals surface area contributed by atoms with Crippen LogP contribution in [0, 0.1) is 18.7 Å². The first-order valence-electron chi connectivity index (χ1n) is 9.75. The number of carbonyl (C=O) groups is 2. The molecule has 1 N–H and O–H groups in total. The summed E-state index contributed by atoms with van der Waals surface area (Å²) in [4.78, 5) is 30.9. The molecule has 0 radical (unpaired) electrons. The Hall–Kier alpha value is -2.76. The summed E-state index contributed by atoms with van der Waals surface area (Å²) in [5, 5.41) is 2.85. The molecule has 2 aromatic rings. The number of anilines is 1. The number of amides is 2. The van der Waals surface area contributed by atoms with Gasteiger partial charge in [0.15, 0.2) is 0 Å². The molecule has 1 saturated heterocycles. The summed E-state index contributed by atoms with van der Waals surface area (Å²) >= 11 is 0. The fourth-order valence-electron chi connectivity index (χ4n) is 3.61. The lowest BCUT2D eigenvalue weighted by molar-refractivity contribution is -0.132. The summed E-state index contributed by atoms with van der Waals surface area (Å²) < 4.78 is 13.2. The fraction of sp³-hybridized carbons (Fsp3) is 0.409. The molecule has 0 bridgehead atoms. The molecular formula is C22H26FN3O2. The zero-order valence-electron chi connectivity index (χ0n) is 16.2. The van der Waals surface area contributed by atoms with Gasteiger partial charge in [0.1, 0.15) is 5.82 Å². The highest BCUT2D eigenvalue weighted by molar-refractivity contribution is 5.91. The number of nitrogens with zero attached hydrogens (tertiary/aromatic N) is 2. The fourth-order valence-corrected chi connectivity index (χ4v) is 3.61. The molecule has 28 heavy (non-hydrogen) atoms. The van der Waals surface area contributed by atoms with Crippen molar-refractivity contribution in [2.45, 2.75) is 39.0 Å². The van der Waals surface area contributed by atoms with Gasteiger partial charge in [-0.1, -0.05) is 6.07 Å². The van der Waals surface area contributed by atoms with E-state index in [4.69, 9.17) is 0 Å². The Morgan fingerprint density at radius 3 is 2.89 bits per heavy atom. The second-order valence-electron chi connectivity index (χ2n) is 7.39. The highest BCUT2D eigenvalue weighted by Crippen LogP contribution is 2.22. The minimum absolute atomic E-state index is 0.0772. The van der Waals surface area contributed by atoms with E-state index in [0.717, 1.165) is 31.5 Å². The van der Waals surface area contributed by atoms with E-state index >= 15 is 0 Å². The van der Waals surface area contributed by atoms with E-state index in [1.807, 2.05) is 23.1 Å². The van der Waals surface area contributed by atoms with Crippen molar-refractivity contribution in [2.24, 2.45) is 5.92 Å². The summed E-state index contributed by atoms with van der Waals surface area (Å²) in [5.74, 6) is 0.0242. The molecule has 0 aliphatic carbocycles. The van der Waals surface area contributed by atoms with Crippen molar-refractivity contribution >= 4 is 17.5 Å². The van der Waals surface area contributed by atoms with Crippen LogP contribution in [0.2, 0.25) is 0 Å². The Kier molecular flexibility index (Phi) is 6.74. The van der Waals surface area contributed by atoms with Gasteiger partial charge < -0.3 is 10.2 Å². The average molecular weight is 383 g/mol. The van der Waals surface area contributed by atoms with Crippen molar-refractivity contribution in [3.05, 3.63) is 59.7 Å². The SMILES string of the molecule is Cc1cc(F)ccc1NC(=O)CCC1CCCN(C(=O)Cc2ccccn2)C1. The highest BCUT2D eigenvalue weighted by Gasteiger charge is 2.24. The van der Waals surface area contributed by atoms with Crippen LogP contribution in [0.5, 0.6) is 0 Å². The molecule has 1 aromatic heterocycles. The van der Waals surface area contributed by atoms with Crippen molar-refractivity contribution in [3.63, 3.8) is 0 Å². The molecule has 2 amide bonds. The van der Waals surface area contributed by atoms with Crippen LogP contribution < -0.4 is 5.32 Å². The number of halogens is 1.